The summed E-state index contributed by atoms with van der Waals surface area (Å²) < 4.78 is 8.79. The fraction of sp³-hybridized carbons (Fsp3) is 0.264. The number of hydrogen-bond donors (Lipinski definition) is 0. The average Bonchev–Trinajstić information content (AvgIpc) is 3.78. The van der Waals surface area contributed by atoms with Crippen LogP contribution in [0.5, 0.6) is 0 Å². The van der Waals surface area contributed by atoms with Gasteiger partial charge >= 0.3 is 0 Å². The molecule has 5 nitrogen and oxygen atoms in total. The van der Waals surface area contributed by atoms with Gasteiger partial charge in [-0.25, -0.2) is 4.98 Å². The van der Waals surface area contributed by atoms with E-state index in [0.717, 1.165) is 62.1 Å². The molecule has 0 unspecified atom stereocenters. The van der Waals surface area contributed by atoms with E-state index >= 15 is 0 Å². The summed E-state index contributed by atoms with van der Waals surface area (Å²) in [6, 6.07) is 44.8. The quantitative estimate of drug-likeness (QED) is 0.112. The molecular formula is C53H54IrN4OSi-2. The van der Waals surface area contributed by atoms with Gasteiger partial charge in [-0.1, -0.05) is 120 Å². The number of para-hydroxylation sites is 2. The number of aryl methyl sites for hydroxylation is 1. The summed E-state index contributed by atoms with van der Waals surface area (Å²) in [5.74, 6) is 2.11. The van der Waals surface area contributed by atoms with Crippen molar-refractivity contribution in [3.05, 3.63) is 150 Å². The first-order chi connectivity index (χ1) is 28.3. The molecule has 4 aromatic heterocycles. The second-order valence-electron chi connectivity index (χ2n) is 17.9. The molecule has 5 aromatic carbocycles. The van der Waals surface area contributed by atoms with Gasteiger partial charge in [0, 0.05) is 43.1 Å². The van der Waals surface area contributed by atoms with Gasteiger partial charge in [0.25, 0.3) is 0 Å². The average molecular weight is 983 g/mol. The van der Waals surface area contributed by atoms with Crippen molar-refractivity contribution < 1.29 is 24.5 Å². The van der Waals surface area contributed by atoms with E-state index in [0.29, 0.717) is 23.5 Å². The maximum atomic E-state index is 6.44. The third kappa shape index (κ3) is 8.28. The predicted octanol–water partition coefficient (Wildman–Crippen LogP) is 13.8. The van der Waals surface area contributed by atoms with Gasteiger partial charge in [-0.05, 0) is 94.2 Å². The second-order valence-corrected chi connectivity index (χ2v) is 22.9. The Kier molecular flexibility index (Phi) is 12.5. The Morgan fingerprint density at radius 1 is 0.733 bits per heavy atom. The molecular weight excluding hydrogens is 929 g/mol. The molecule has 0 fully saturated rings. The molecule has 0 aliphatic heterocycles. The summed E-state index contributed by atoms with van der Waals surface area (Å²) in [7, 11) is -1.34. The first-order valence-electron chi connectivity index (χ1n) is 21.0. The van der Waals surface area contributed by atoms with Gasteiger partial charge in [0.05, 0.1) is 30.5 Å². The van der Waals surface area contributed by atoms with Gasteiger partial charge in [0.15, 0.2) is 0 Å². The Morgan fingerprint density at radius 2 is 1.48 bits per heavy atom. The van der Waals surface area contributed by atoms with Gasteiger partial charge in [0.2, 0.25) is 5.71 Å². The molecule has 307 valence electrons. The molecule has 0 N–H and O–H groups in total. The third-order valence-corrected chi connectivity index (χ3v) is 13.2. The minimum Gasteiger partial charge on any atom is -0.486 e. The van der Waals surface area contributed by atoms with E-state index in [9.17, 15) is 0 Å². The van der Waals surface area contributed by atoms with Gasteiger partial charge < -0.3 is 14.0 Å². The van der Waals surface area contributed by atoms with Crippen LogP contribution in [0, 0.1) is 25.0 Å². The van der Waals surface area contributed by atoms with Crippen molar-refractivity contribution in [2.24, 2.45) is 5.92 Å². The fourth-order valence-electron chi connectivity index (χ4n) is 8.44. The Balaban J connectivity index is 0.000000220. The van der Waals surface area contributed by atoms with Crippen molar-refractivity contribution in [2.45, 2.75) is 86.4 Å². The maximum absolute atomic E-state index is 6.44. The minimum atomic E-state index is -1.34. The van der Waals surface area contributed by atoms with Crippen LogP contribution in [-0.4, -0.2) is 27.6 Å². The van der Waals surface area contributed by atoms with Crippen molar-refractivity contribution in [1.82, 2.24) is 19.5 Å². The van der Waals surface area contributed by atoms with Crippen LogP contribution in [0.25, 0.3) is 72.2 Å². The zero-order valence-corrected chi connectivity index (χ0v) is 39.8. The SMILES string of the molecule is CC(C)Cc1cc(-c2[c-]cccc2)ncc1[Si](C)(C)C.Cc1ccc2c(n1)oc1c(-c3nc4ccccc4n3-c3c(C(C)C)cc4ccccc4c3C(C)C)[c-]ccc12.[Ir]. The van der Waals surface area contributed by atoms with Gasteiger partial charge in [-0.15, -0.1) is 54.1 Å². The van der Waals surface area contributed by atoms with Crippen LogP contribution in [-0.2, 0) is 26.5 Å². The summed E-state index contributed by atoms with van der Waals surface area (Å²) in [5, 5.41) is 6.07. The Bertz CT molecular complexity index is 2960. The zero-order chi connectivity index (χ0) is 41.6. The van der Waals surface area contributed by atoms with Crippen LogP contribution < -0.4 is 5.19 Å². The standard InChI is InChI=1S/C35H30N3O.C18H24NSi.Ir/c1-20(2)28-19-23-11-6-7-12-24(23)31(21(3)4)32(28)38-30-16-9-8-15-29(30)37-34(38)27-14-10-13-25-26-18-17-22(5)36-35(26)39-33(25)27;1-14(2)11-16-12-17(15-9-7-6-8-10-15)19-13-18(16)20(3,4)5;/h6-13,15-21H,1-5H3;6-9,12-14H,11H2,1-5H3;/q2*-1;. The molecule has 7 heteroatoms. The van der Waals surface area contributed by atoms with Crippen molar-refractivity contribution in [3.8, 4) is 28.3 Å². The van der Waals surface area contributed by atoms with Crippen LogP contribution >= 0.6 is 0 Å². The number of hydrogen-bond acceptors (Lipinski definition) is 4. The van der Waals surface area contributed by atoms with Crippen LogP contribution in [0.15, 0.2) is 120 Å². The van der Waals surface area contributed by atoms with Crippen LogP contribution in [0.4, 0.5) is 0 Å². The molecule has 4 heterocycles. The molecule has 9 aromatic rings. The van der Waals surface area contributed by atoms with Crippen LogP contribution in [0.2, 0.25) is 19.6 Å². The zero-order valence-electron chi connectivity index (χ0n) is 36.4. The molecule has 0 atom stereocenters. The number of furan rings is 1. The monoisotopic (exact) mass is 983 g/mol. The summed E-state index contributed by atoms with van der Waals surface area (Å²) in [6.45, 7) is 22.8. The molecule has 1 radical (unpaired) electrons. The molecule has 0 spiro atoms. The van der Waals surface area contributed by atoms with Gasteiger partial charge in [-0.3, -0.25) is 4.98 Å². The molecule has 9 rings (SSSR count). The number of benzene rings is 5. The van der Waals surface area contributed by atoms with Crippen molar-refractivity contribution in [3.63, 3.8) is 0 Å². The van der Waals surface area contributed by atoms with Crippen LogP contribution in [0.1, 0.15) is 75.8 Å². The molecule has 0 aliphatic carbocycles. The molecule has 0 bridgehead atoms. The van der Waals surface area contributed by atoms with Crippen LogP contribution in [0.3, 0.4) is 0 Å². The predicted molar refractivity (Wildman–Crippen MR) is 251 cm³/mol. The van der Waals surface area contributed by atoms with Crippen molar-refractivity contribution >= 4 is 57.1 Å². The topological polar surface area (TPSA) is 56.7 Å². The normalized spacial score (nSPS) is 11.9. The largest absolute Gasteiger partial charge is 0.486 e. The smallest absolute Gasteiger partial charge is 0.216 e. The van der Waals surface area contributed by atoms with Crippen molar-refractivity contribution in [2.75, 3.05) is 0 Å². The Morgan fingerprint density at radius 3 is 2.20 bits per heavy atom. The van der Waals surface area contributed by atoms with E-state index in [1.54, 1.807) is 0 Å². The number of fused-ring (bicyclic) bond motifs is 5. The van der Waals surface area contributed by atoms with E-state index in [4.69, 9.17) is 9.40 Å². The summed E-state index contributed by atoms with van der Waals surface area (Å²) >= 11 is 0. The van der Waals surface area contributed by atoms with E-state index in [-0.39, 0.29) is 20.1 Å². The molecule has 0 saturated heterocycles. The number of imidazole rings is 1. The summed E-state index contributed by atoms with van der Waals surface area (Å²) in [5.41, 5.74) is 12.6. The Hall–Kier alpha value is -5.20. The summed E-state index contributed by atoms with van der Waals surface area (Å²) in [4.78, 5) is 14.6. The van der Waals surface area contributed by atoms with Gasteiger partial charge in [-0.2, -0.15) is 0 Å². The fourth-order valence-corrected chi connectivity index (χ4v) is 10.0. The first-order valence-corrected chi connectivity index (χ1v) is 24.5. The number of aromatic nitrogens is 4. The Labute approximate surface area is 369 Å². The number of pyridine rings is 2. The van der Waals surface area contributed by atoms with E-state index < -0.39 is 8.07 Å². The molecule has 0 aliphatic rings. The third-order valence-electron chi connectivity index (χ3n) is 11.1. The maximum Gasteiger partial charge on any atom is 0.216 e. The van der Waals surface area contributed by atoms with E-state index in [2.05, 4.69) is 173 Å². The number of rotatable bonds is 8. The van der Waals surface area contributed by atoms with E-state index in [1.165, 1.54) is 38.3 Å². The van der Waals surface area contributed by atoms with Crippen molar-refractivity contribution in [1.29, 1.82) is 0 Å². The molecule has 60 heavy (non-hydrogen) atoms. The number of nitrogens with zero attached hydrogens (tertiary/aromatic N) is 4. The molecule has 0 amide bonds. The van der Waals surface area contributed by atoms with Gasteiger partial charge in [0.1, 0.15) is 0 Å². The van der Waals surface area contributed by atoms with E-state index in [1.807, 2.05) is 37.3 Å². The minimum absolute atomic E-state index is 0. The second kappa shape index (κ2) is 17.4. The summed E-state index contributed by atoms with van der Waals surface area (Å²) in [6.07, 6.45) is 3.24. The first kappa shape index (κ1) is 42.9. The molecule has 0 saturated carbocycles.